The molecule has 0 spiro atoms. The third-order valence-electron chi connectivity index (χ3n) is 4.37. The number of nitrogens with one attached hydrogen (secondary N) is 2. The molecule has 5 nitrogen and oxygen atoms in total. The summed E-state index contributed by atoms with van der Waals surface area (Å²) in [6.45, 7) is 9.70. The van der Waals surface area contributed by atoms with Crippen LogP contribution in [0.3, 0.4) is 0 Å². The molecule has 0 aliphatic carbocycles. The Bertz CT molecular complexity index is 499. The number of ether oxygens (including phenoxy) is 1. The largest absolute Gasteiger partial charge is 0.492 e. The Hall–Kier alpha value is -1.02. The highest BCUT2D eigenvalue weighted by Gasteiger charge is 2.16. The lowest BCUT2D eigenvalue weighted by molar-refractivity contribution is 0.223. The Kier molecular flexibility index (Phi) is 10.9. The monoisotopic (exact) mass is 460 g/mol. The molecule has 1 heterocycles. The lowest BCUT2D eigenvalue weighted by Crippen LogP contribution is -2.40. The van der Waals surface area contributed by atoms with Crippen LogP contribution in [0.15, 0.2) is 29.3 Å². The fourth-order valence-electron chi connectivity index (χ4n) is 2.78. The quantitative estimate of drug-likeness (QED) is 0.285. The number of nitrogens with zero attached hydrogens (tertiary/aromatic N) is 2. The van der Waals surface area contributed by atoms with E-state index in [0.29, 0.717) is 12.5 Å². The average molecular weight is 460 g/mol. The zero-order chi connectivity index (χ0) is 17.2. The first kappa shape index (κ1) is 22.0. The third kappa shape index (κ3) is 8.76. The van der Waals surface area contributed by atoms with Crippen molar-refractivity contribution in [3.05, 3.63) is 29.8 Å². The van der Waals surface area contributed by atoms with Gasteiger partial charge in [-0.15, -0.1) is 24.0 Å². The number of rotatable bonds is 7. The van der Waals surface area contributed by atoms with Gasteiger partial charge in [0.2, 0.25) is 0 Å². The van der Waals surface area contributed by atoms with Gasteiger partial charge < -0.3 is 20.3 Å². The highest BCUT2D eigenvalue weighted by atomic mass is 127. The lowest BCUT2D eigenvalue weighted by Gasteiger charge is -2.28. The van der Waals surface area contributed by atoms with Gasteiger partial charge in [0.05, 0.1) is 6.54 Å². The van der Waals surface area contributed by atoms with E-state index in [1.54, 1.807) is 0 Å². The minimum absolute atomic E-state index is 0. The lowest BCUT2D eigenvalue weighted by atomic mass is 9.97. The number of guanidine groups is 1. The predicted molar refractivity (Wildman–Crippen MR) is 116 cm³/mol. The van der Waals surface area contributed by atoms with E-state index in [9.17, 15) is 0 Å². The zero-order valence-electron chi connectivity index (χ0n) is 15.8. The van der Waals surface area contributed by atoms with Crippen LogP contribution in [0.5, 0.6) is 5.75 Å². The standard InChI is InChI=1S/C19H32N4O.HI/c1-4-20-19(22-15-17-9-12-23(3)13-10-17)21-11-14-24-18-7-5-16(2)6-8-18;/h5-8,17H,4,9-15H2,1-3H3,(H2,20,21,22);1H. The first-order valence-corrected chi connectivity index (χ1v) is 9.07. The SMILES string of the molecule is CCNC(=NCC1CCN(C)CC1)NCCOc1ccc(C)cc1.I. The van der Waals surface area contributed by atoms with Crippen LogP contribution >= 0.6 is 24.0 Å². The number of aryl methyl sites for hydroxylation is 1. The number of halogens is 1. The topological polar surface area (TPSA) is 48.9 Å². The number of aliphatic imine (C=N–C) groups is 1. The van der Waals surface area contributed by atoms with E-state index in [0.717, 1.165) is 31.3 Å². The van der Waals surface area contributed by atoms with Gasteiger partial charge in [0.25, 0.3) is 0 Å². The Labute approximate surface area is 169 Å². The molecular formula is C19H33IN4O. The Morgan fingerprint density at radius 3 is 2.52 bits per heavy atom. The molecule has 6 heteroatoms. The maximum Gasteiger partial charge on any atom is 0.191 e. The molecule has 0 radical (unpaired) electrons. The molecular weight excluding hydrogens is 427 g/mol. The van der Waals surface area contributed by atoms with Crippen molar-refractivity contribution in [3.8, 4) is 5.75 Å². The number of piperidine rings is 1. The summed E-state index contributed by atoms with van der Waals surface area (Å²) in [4.78, 5) is 7.13. The molecule has 1 aromatic carbocycles. The van der Waals surface area contributed by atoms with E-state index >= 15 is 0 Å². The number of benzene rings is 1. The molecule has 1 aliphatic rings. The summed E-state index contributed by atoms with van der Waals surface area (Å²) in [6.07, 6.45) is 2.49. The summed E-state index contributed by atoms with van der Waals surface area (Å²) >= 11 is 0. The predicted octanol–water partition coefficient (Wildman–Crippen LogP) is 2.89. The molecule has 2 rings (SSSR count). The fourth-order valence-corrected chi connectivity index (χ4v) is 2.78. The molecule has 25 heavy (non-hydrogen) atoms. The molecule has 0 atom stereocenters. The second kappa shape index (κ2) is 12.4. The molecule has 0 amide bonds. The summed E-state index contributed by atoms with van der Waals surface area (Å²) < 4.78 is 5.75. The minimum Gasteiger partial charge on any atom is -0.492 e. The summed E-state index contributed by atoms with van der Waals surface area (Å²) in [5.74, 6) is 2.51. The van der Waals surface area contributed by atoms with Crippen molar-refractivity contribution in [2.24, 2.45) is 10.9 Å². The van der Waals surface area contributed by atoms with Gasteiger partial charge in [0.1, 0.15) is 12.4 Å². The van der Waals surface area contributed by atoms with E-state index < -0.39 is 0 Å². The molecule has 142 valence electrons. The van der Waals surface area contributed by atoms with Gasteiger partial charge in [0, 0.05) is 13.1 Å². The Balaban J connectivity index is 0.00000312. The summed E-state index contributed by atoms with van der Waals surface area (Å²) in [5, 5.41) is 6.66. The normalized spacial score (nSPS) is 16.2. The van der Waals surface area contributed by atoms with Crippen LogP contribution in [0.25, 0.3) is 0 Å². The van der Waals surface area contributed by atoms with Gasteiger partial charge in [-0.3, -0.25) is 4.99 Å². The Morgan fingerprint density at radius 2 is 1.88 bits per heavy atom. The maximum atomic E-state index is 5.75. The van der Waals surface area contributed by atoms with Gasteiger partial charge in [-0.1, -0.05) is 17.7 Å². The van der Waals surface area contributed by atoms with Gasteiger partial charge in [-0.05, 0) is 64.9 Å². The smallest absolute Gasteiger partial charge is 0.191 e. The van der Waals surface area contributed by atoms with Crippen LogP contribution in [-0.4, -0.2) is 57.2 Å². The summed E-state index contributed by atoms with van der Waals surface area (Å²) in [7, 11) is 2.19. The molecule has 2 N–H and O–H groups in total. The van der Waals surface area contributed by atoms with Crippen molar-refractivity contribution in [1.29, 1.82) is 0 Å². The van der Waals surface area contributed by atoms with E-state index in [2.05, 4.69) is 48.6 Å². The molecule has 0 saturated carbocycles. The summed E-state index contributed by atoms with van der Waals surface area (Å²) in [6, 6.07) is 8.15. The highest BCUT2D eigenvalue weighted by molar-refractivity contribution is 14.0. The van der Waals surface area contributed by atoms with Crippen LogP contribution in [0, 0.1) is 12.8 Å². The molecule has 0 bridgehead atoms. The van der Waals surface area contributed by atoms with Crippen molar-refractivity contribution in [2.45, 2.75) is 26.7 Å². The first-order valence-electron chi connectivity index (χ1n) is 9.07. The van der Waals surface area contributed by atoms with E-state index in [1.165, 1.54) is 31.5 Å². The molecule has 1 aliphatic heterocycles. The second-order valence-electron chi connectivity index (χ2n) is 6.55. The summed E-state index contributed by atoms with van der Waals surface area (Å²) in [5.41, 5.74) is 1.25. The van der Waals surface area contributed by atoms with Gasteiger partial charge in [-0.25, -0.2) is 0 Å². The number of likely N-dealkylation sites (tertiary alicyclic amines) is 1. The minimum atomic E-state index is 0. The first-order chi connectivity index (χ1) is 11.7. The van der Waals surface area contributed by atoms with E-state index in [-0.39, 0.29) is 24.0 Å². The van der Waals surface area contributed by atoms with E-state index in [1.807, 2.05) is 12.1 Å². The third-order valence-corrected chi connectivity index (χ3v) is 4.37. The zero-order valence-corrected chi connectivity index (χ0v) is 18.1. The average Bonchev–Trinajstić information content (AvgIpc) is 2.59. The number of hydrogen-bond donors (Lipinski definition) is 2. The van der Waals surface area contributed by atoms with Crippen molar-refractivity contribution < 1.29 is 4.74 Å². The van der Waals surface area contributed by atoms with Crippen LogP contribution in [0.1, 0.15) is 25.3 Å². The van der Waals surface area contributed by atoms with Gasteiger partial charge >= 0.3 is 0 Å². The molecule has 0 unspecified atom stereocenters. The van der Waals surface area contributed by atoms with Gasteiger partial charge in [0.15, 0.2) is 5.96 Å². The highest BCUT2D eigenvalue weighted by Crippen LogP contribution is 2.15. The number of hydrogen-bond acceptors (Lipinski definition) is 3. The van der Waals surface area contributed by atoms with Crippen LogP contribution in [0.2, 0.25) is 0 Å². The van der Waals surface area contributed by atoms with Crippen LogP contribution in [0.4, 0.5) is 0 Å². The van der Waals surface area contributed by atoms with E-state index in [4.69, 9.17) is 9.73 Å². The maximum absolute atomic E-state index is 5.75. The molecule has 1 saturated heterocycles. The fraction of sp³-hybridized carbons (Fsp3) is 0.632. The van der Waals surface area contributed by atoms with Gasteiger partial charge in [-0.2, -0.15) is 0 Å². The van der Waals surface area contributed by atoms with Crippen molar-refractivity contribution in [2.75, 3.05) is 46.4 Å². The van der Waals surface area contributed by atoms with Crippen molar-refractivity contribution in [1.82, 2.24) is 15.5 Å². The molecule has 1 fully saturated rings. The van der Waals surface area contributed by atoms with Crippen molar-refractivity contribution in [3.63, 3.8) is 0 Å². The second-order valence-corrected chi connectivity index (χ2v) is 6.55. The molecule has 1 aromatic rings. The van der Waals surface area contributed by atoms with Crippen LogP contribution in [-0.2, 0) is 0 Å². The van der Waals surface area contributed by atoms with Crippen molar-refractivity contribution >= 4 is 29.9 Å². The van der Waals surface area contributed by atoms with Crippen LogP contribution < -0.4 is 15.4 Å². The Morgan fingerprint density at radius 1 is 1.20 bits per heavy atom. The molecule has 0 aromatic heterocycles.